The Kier molecular flexibility index (Phi) is 2.89. The summed E-state index contributed by atoms with van der Waals surface area (Å²) in [5.74, 6) is 1.07. The highest BCUT2D eigenvalue weighted by molar-refractivity contribution is 8.03. The molecule has 70 valence electrons. The van der Waals surface area contributed by atoms with Gasteiger partial charge in [-0.3, -0.25) is 5.32 Å². The number of rotatable bonds is 0. The first kappa shape index (κ1) is 10.1. The van der Waals surface area contributed by atoms with Crippen LogP contribution in [0.1, 0.15) is 34.6 Å². The van der Waals surface area contributed by atoms with Crippen molar-refractivity contribution in [2.45, 2.75) is 40.7 Å². The van der Waals surface area contributed by atoms with Crippen LogP contribution < -0.4 is 5.32 Å². The molecule has 0 radical (unpaired) electrons. The van der Waals surface area contributed by atoms with Gasteiger partial charge in [-0.1, -0.05) is 26.3 Å². The van der Waals surface area contributed by atoms with E-state index in [1.807, 2.05) is 11.8 Å². The van der Waals surface area contributed by atoms with Crippen LogP contribution in [0.15, 0.2) is 10.5 Å². The minimum absolute atomic E-state index is 0.343. The molecule has 2 heteroatoms. The molecule has 1 saturated heterocycles. The van der Waals surface area contributed by atoms with Gasteiger partial charge < -0.3 is 0 Å². The molecule has 0 spiro atoms. The van der Waals surface area contributed by atoms with Gasteiger partial charge in [-0.05, 0) is 19.3 Å². The fraction of sp³-hybridized carbons (Fsp3) is 0.800. The lowest BCUT2D eigenvalue weighted by Crippen LogP contribution is -2.36. The SMILES string of the molecule is CC(C)=C1SCNC1C(C)(C)C. The van der Waals surface area contributed by atoms with Crippen LogP contribution in [0, 0.1) is 5.41 Å². The minimum atomic E-state index is 0.343. The van der Waals surface area contributed by atoms with Crippen LogP contribution in [-0.2, 0) is 0 Å². The first-order valence-electron chi connectivity index (χ1n) is 4.46. The first-order chi connectivity index (χ1) is 5.43. The summed E-state index contributed by atoms with van der Waals surface area (Å²) in [4.78, 5) is 1.54. The summed E-state index contributed by atoms with van der Waals surface area (Å²) in [7, 11) is 0. The summed E-state index contributed by atoms with van der Waals surface area (Å²) >= 11 is 1.95. The molecule has 0 aromatic carbocycles. The van der Waals surface area contributed by atoms with E-state index in [9.17, 15) is 0 Å². The van der Waals surface area contributed by atoms with E-state index in [1.165, 1.54) is 5.57 Å². The number of hydrogen-bond donors (Lipinski definition) is 1. The first-order valence-corrected chi connectivity index (χ1v) is 5.45. The molecule has 0 saturated carbocycles. The Morgan fingerprint density at radius 3 is 2.33 bits per heavy atom. The number of nitrogens with one attached hydrogen (secondary N) is 1. The predicted octanol–water partition coefficient (Wildman–Crippen LogP) is 2.99. The Balaban J connectivity index is 2.86. The Morgan fingerprint density at radius 2 is 2.00 bits per heavy atom. The monoisotopic (exact) mass is 185 g/mol. The van der Waals surface area contributed by atoms with Crippen LogP contribution in [0.4, 0.5) is 0 Å². The third-order valence-electron chi connectivity index (χ3n) is 2.14. The summed E-state index contributed by atoms with van der Waals surface area (Å²) in [5.41, 5.74) is 1.81. The molecule has 1 N–H and O–H groups in total. The van der Waals surface area contributed by atoms with Crippen LogP contribution in [0.25, 0.3) is 0 Å². The van der Waals surface area contributed by atoms with E-state index in [2.05, 4.69) is 39.9 Å². The molecule has 1 heterocycles. The van der Waals surface area contributed by atoms with Crippen molar-refractivity contribution in [3.8, 4) is 0 Å². The Hall–Kier alpha value is 0.0500. The molecule has 1 atom stereocenters. The smallest absolute Gasteiger partial charge is 0.0468 e. The zero-order chi connectivity index (χ0) is 9.35. The van der Waals surface area contributed by atoms with Gasteiger partial charge in [-0.15, -0.1) is 11.8 Å². The maximum Gasteiger partial charge on any atom is 0.0468 e. The molecular formula is C10H19NS. The van der Waals surface area contributed by atoms with Crippen molar-refractivity contribution in [2.75, 3.05) is 5.88 Å². The van der Waals surface area contributed by atoms with Gasteiger partial charge >= 0.3 is 0 Å². The fourth-order valence-electron chi connectivity index (χ4n) is 1.51. The van der Waals surface area contributed by atoms with E-state index in [-0.39, 0.29) is 0 Å². The van der Waals surface area contributed by atoms with Gasteiger partial charge in [0, 0.05) is 16.8 Å². The topological polar surface area (TPSA) is 12.0 Å². The molecule has 1 rings (SSSR count). The lowest BCUT2D eigenvalue weighted by Gasteiger charge is -2.28. The van der Waals surface area contributed by atoms with E-state index < -0.39 is 0 Å². The molecule has 0 bridgehead atoms. The zero-order valence-electron chi connectivity index (χ0n) is 8.69. The highest BCUT2D eigenvalue weighted by atomic mass is 32.2. The van der Waals surface area contributed by atoms with Crippen molar-refractivity contribution in [1.29, 1.82) is 0 Å². The molecule has 0 aromatic heterocycles. The molecule has 1 unspecified atom stereocenters. The van der Waals surface area contributed by atoms with Crippen molar-refractivity contribution in [3.63, 3.8) is 0 Å². The highest BCUT2D eigenvalue weighted by Crippen LogP contribution is 2.37. The van der Waals surface area contributed by atoms with E-state index in [4.69, 9.17) is 0 Å². The van der Waals surface area contributed by atoms with Gasteiger partial charge in [-0.2, -0.15) is 0 Å². The van der Waals surface area contributed by atoms with Gasteiger partial charge in [0.15, 0.2) is 0 Å². The van der Waals surface area contributed by atoms with E-state index in [0.29, 0.717) is 11.5 Å². The molecule has 0 amide bonds. The van der Waals surface area contributed by atoms with E-state index in [0.717, 1.165) is 5.88 Å². The van der Waals surface area contributed by atoms with Crippen molar-refractivity contribution in [3.05, 3.63) is 10.5 Å². The van der Waals surface area contributed by atoms with Gasteiger partial charge in [-0.25, -0.2) is 0 Å². The van der Waals surface area contributed by atoms with Crippen molar-refractivity contribution in [1.82, 2.24) is 5.32 Å². The molecule has 12 heavy (non-hydrogen) atoms. The largest absolute Gasteiger partial charge is 0.300 e. The second kappa shape index (κ2) is 3.43. The van der Waals surface area contributed by atoms with E-state index >= 15 is 0 Å². The minimum Gasteiger partial charge on any atom is -0.300 e. The molecule has 1 aliphatic heterocycles. The van der Waals surface area contributed by atoms with Crippen molar-refractivity contribution in [2.24, 2.45) is 5.41 Å². The van der Waals surface area contributed by atoms with Crippen LogP contribution in [-0.4, -0.2) is 11.9 Å². The average molecular weight is 185 g/mol. The Labute approximate surface area is 80.0 Å². The standard InChI is InChI=1S/C10H19NS/c1-7(2)8-9(10(3,4)5)11-6-12-8/h9,11H,6H2,1-5H3. The Bertz CT molecular complexity index is 196. The molecule has 0 aliphatic carbocycles. The third-order valence-corrected chi connectivity index (χ3v) is 3.40. The van der Waals surface area contributed by atoms with Crippen LogP contribution in [0.2, 0.25) is 0 Å². The molecule has 1 aliphatic rings. The van der Waals surface area contributed by atoms with Crippen LogP contribution in [0.3, 0.4) is 0 Å². The molecule has 1 nitrogen and oxygen atoms in total. The summed E-state index contributed by atoms with van der Waals surface area (Å²) in [5, 5.41) is 3.53. The van der Waals surface area contributed by atoms with Crippen LogP contribution in [0.5, 0.6) is 0 Å². The molecular weight excluding hydrogens is 166 g/mol. The van der Waals surface area contributed by atoms with Gasteiger partial charge in [0.25, 0.3) is 0 Å². The maximum absolute atomic E-state index is 3.53. The molecule has 0 aromatic rings. The van der Waals surface area contributed by atoms with Crippen molar-refractivity contribution < 1.29 is 0 Å². The van der Waals surface area contributed by atoms with Gasteiger partial charge in [0.1, 0.15) is 0 Å². The van der Waals surface area contributed by atoms with Gasteiger partial charge in [0.2, 0.25) is 0 Å². The summed E-state index contributed by atoms with van der Waals surface area (Å²) in [6.45, 7) is 11.3. The molecule has 1 fully saturated rings. The second-order valence-electron chi connectivity index (χ2n) is 4.66. The Morgan fingerprint density at radius 1 is 1.42 bits per heavy atom. The fourth-order valence-corrected chi connectivity index (χ4v) is 2.81. The number of thioether (sulfide) groups is 1. The number of allylic oxidation sites excluding steroid dienone is 1. The maximum atomic E-state index is 3.53. The van der Waals surface area contributed by atoms with E-state index in [1.54, 1.807) is 4.91 Å². The quantitative estimate of drug-likeness (QED) is 0.622. The zero-order valence-corrected chi connectivity index (χ0v) is 9.51. The van der Waals surface area contributed by atoms with Crippen molar-refractivity contribution >= 4 is 11.8 Å². The normalized spacial score (nSPS) is 24.8. The lowest BCUT2D eigenvalue weighted by molar-refractivity contribution is 0.327. The highest BCUT2D eigenvalue weighted by Gasteiger charge is 2.32. The summed E-state index contributed by atoms with van der Waals surface area (Å²) in [6, 6.07) is 0.562. The van der Waals surface area contributed by atoms with Gasteiger partial charge in [0.05, 0.1) is 0 Å². The second-order valence-corrected chi connectivity index (χ2v) is 5.67. The van der Waals surface area contributed by atoms with Crippen LogP contribution >= 0.6 is 11.8 Å². The average Bonchev–Trinajstić information content (AvgIpc) is 2.30. The summed E-state index contributed by atoms with van der Waals surface area (Å²) in [6.07, 6.45) is 0. The lowest BCUT2D eigenvalue weighted by atomic mass is 9.86. The predicted molar refractivity (Wildman–Crippen MR) is 57.2 cm³/mol. The number of hydrogen-bond acceptors (Lipinski definition) is 2. The summed E-state index contributed by atoms with van der Waals surface area (Å²) < 4.78 is 0. The third kappa shape index (κ3) is 2.05.